The van der Waals surface area contributed by atoms with Gasteiger partial charge in [-0.2, -0.15) is 0 Å². The number of aromatic nitrogens is 2. The van der Waals surface area contributed by atoms with Crippen LogP contribution < -0.4 is 19.7 Å². The van der Waals surface area contributed by atoms with Gasteiger partial charge in [-0.1, -0.05) is 136 Å². The predicted octanol–water partition coefficient (Wildman–Crippen LogP) is 8.34. The molecule has 0 radical (unpaired) electrons. The Kier molecular flexibility index (Phi) is 21.4. The first-order chi connectivity index (χ1) is 35.6. The average molecular weight is 1020 g/mol. The van der Waals surface area contributed by atoms with E-state index < -0.39 is 36.0 Å². The normalized spacial score (nSPS) is 16.0. The number of aliphatic hydroxyl groups is 2. The minimum absolute atomic E-state index is 0.123. The van der Waals surface area contributed by atoms with Gasteiger partial charge in [-0.05, 0) is 73.9 Å². The molecule has 0 bridgehead atoms. The molecule has 8 rings (SSSR count). The molecule has 2 atom stereocenters. The molecule has 2 N–H and O–H groups in total. The van der Waals surface area contributed by atoms with E-state index in [0.717, 1.165) is 120 Å². The summed E-state index contributed by atoms with van der Waals surface area (Å²) in [4.78, 5) is 28.2. The van der Waals surface area contributed by atoms with Gasteiger partial charge in [0.15, 0.2) is 22.7 Å². The van der Waals surface area contributed by atoms with Gasteiger partial charge in [0.05, 0.1) is 66.9 Å². The average Bonchev–Trinajstić information content (AvgIpc) is 4.10. The second kappa shape index (κ2) is 27.8. The number of oxazole rings is 2. The number of para-hydroxylation sites is 2. The van der Waals surface area contributed by atoms with Gasteiger partial charge >= 0.3 is 0 Å². The molecule has 0 unspecified atom stereocenters. The van der Waals surface area contributed by atoms with Crippen molar-refractivity contribution in [1.29, 1.82) is 0 Å². The number of aliphatic carboxylic acids is 2. The Morgan fingerprint density at radius 1 is 0.541 bits per heavy atom. The standard InChI is InChI=1S/2C28H37N2O3.C4H6O4/c2*1-30(2,19-12-20-32-25-17-10-5-11-18-25)22-26-21-29-27(33-26)28(31,23-13-6-3-7-14-23)24-15-8-4-9-16-24;5-3(6)1-2-4(7)8/h2*3,5-7,10-11,13-14,17-18,21,24,31H,4,8-9,12,15-16,19-20,22H2,1-2H3;1-2H2,(H,5,6)(H,7,8)/q2*+1;/p-2/t2*28-;/m00./s1. The van der Waals surface area contributed by atoms with Crippen LogP contribution in [0.5, 0.6) is 11.5 Å². The largest absolute Gasteiger partial charge is 0.550 e. The van der Waals surface area contributed by atoms with Gasteiger partial charge < -0.3 is 57.3 Å². The van der Waals surface area contributed by atoms with Gasteiger partial charge in [-0.25, -0.2) is 9.97 Å². The van der Waals surface area contributed by atoms with Crippen LogP contribution in [0, 0.1) is 11.8 Å². The number of rotatable bonds is 23. The van der Waals surface area contributed by atoms with Crippen molar-refractivity contribution >= 4 is 11.9 Å². The Labute approximate surface area is 437 Å². The maximum absolute atomic E-state index is 12.0. The highest BCUT2D eigenvalue weighted by atomic mass is 16.5. The van der Waals surface area contributed by atoms with Gasteiger partial charge in [0.25, 0.3) is 0 Å². The first kappa shape index (κ1) is 57.0. The molecule has 14 nitrogen and oxygen atoms in total. The van der Waals surface area contributed by atoms with E-state index in [1.54, 1.807) is 12.4 Å². The molecule has 74 heavy (non-hydrogen) atoms. The maximum Gasteiger partial charge on any atom is 0.231 e. The van der Waals surface area contributed by atoms with E-state index in [4.69, 9.17) is 18.3 Å². The number of carboxylic acids is 2. The quantitative estimate of drug-likeness (QED) is 0.0462. The lowest BCUT2D eigenvalue weighted by Gasteiger charge is -2.36. The van der Waals surface area contributed by atoms with Crippen molar-refractivity contribution < 1.29 is 57.3 Å². The molecule has 2 saturated carbocycles. The summed E-state index contributed by atoms with van der Waals surface area (Å²) in [6.07, 6.45) is 15.5. The minimum Gasteiger partial charge on any atom is -0.550 e. The summed E-state index contributed by atoms with van der Waals surface area (Å²) in [5.74, 6) is 1.81. The molecule has 14 heteroatoms. The fourth-order valence-corrected chi connectivity index (χ4v) is 10.2. The van der Waals surface area contributed by atoms with Crippen LogP contribution in [0.4, 0.5) is 0 Å². The third-order valence-electron chi connectivity index (χ3n) is 14.1. The van der Waals surface area contributed by atoms with E-state index in [1.165, 1.54) is 12.8 Å². The number of quaternary nitrogens is 2. The lowest BCUT2D eigenvalue weighted by molar-refractivity contribution is -0.904. The van der Waals surface area contributed by atoms with E-state index in [1.807, 2.05) is 121 Å². The summed E-state index contributed by atoms with van der Waals surface area (Å²) in [7, 11) is 8.76. The van der Waals surface area contributed by atoms with Gasteiger partial charge in [0, 0.05) is 36.6 Å². The van der Waals surface area contributed by atoms with E-state index in [-0.39, 0.29) is 11.8 Å². The first-order valence-electron chi connectivity index (χ1n) is 26.4. The summed E-state index contributed by atoms with van der Waals surface area (Å²) in [5.41, 5.74) is -0.615. The van der Waals surface area contributed by atoms with Crippen LogP contribution in [0.25, 0.3) is 0 Å². The smallest absolute Gasteiger partial charge is 0.231 e. The van der Waals surface area contributed by atoms with Crippen molar-refractivity contribution in [2.75, 3.05) is 54.5 Å². The molecule has 0 spiro atoms. The third-order valence-corrected chi connectivity index (χ3v) is 14.1. The molecule has 2 aromatic heterocycles. The van der Waals surface area contributed by atoms with E-state index >= 15 is 0 Å². The minimum atomic E-state index is -1.37. The van der Waals surface area contributed by atoms with Crippen molar-refractivity contribution in [3.63, 3.8) is 0 Å². The zero-order valence-corrected chi connectivity index (χ0v) is 43.9. The van der Waals surface area contributed by atoms with Crippen LogP contribution in [-0.2, 0) is 33.9 Å². The van der Waals surface area contributed by atoms with Crippen LogP contribution in [-0.4, -0.2) is 95.6 Å². The van der Waals surface area contributed by atoms with Crippen LogP contribution in [0.1, 0.15) is 124 Å². The van der Waals surface area contributed by atoms with Gasteiger partial charge in [-0.3, -0.25) is 0 Å². The van der Waals surface area contributed by atoms with Gasteiger partial charge in [0.1, 0.15) is 24.6 Å². The lowest BCUT2D eigenvalue weighted by atomic mass is 9.73. The number of carbonyl (C=O) groups is 2. The Morgan fingerprint density at radius 2 is 0.865 bits per heavy atom. The van der Waals surface area contributed by atoms with Crippen LogP contribution in [0.3, 0.4) is 0 Å². The molecular weight excluding hydrogens is 937 g/mol. The number of nitrogens with zero attached hydrogens (tertiary/aromatic N) is 4. The number of hydrogen-bond donors (Lipinski definition) is 2. The van der Waals surface area contributed by atoms with E-state index in [0.29, 0.717) is 38.1 Å². The molecular formula is C60H78N4O10. The highest BCUT2D eigenvalue weighted by molar-refractivity contribution is 5.72. The summed E-state index contributed by atoms with van der Waals surface area (Å²) in [6.45, 7) is 4.70. The molecule has 2 aliphatic rings. The molecule has 398 valence electrons. The first-order valence-corrected chi connectivity index (χ1v) is 26.4. The number of benzene rings is 4. The molecule has 0 aliphatic heterocycles. The van der Waals surface area contributed by atoms with Crippen molar-refractivity contribution in [2.45, 2.75) is 114 Å². The van der Waals surface area contributed by atoms with Crippen molar-refractivity contribution in [2.24, 2.45) is 11.8 Å². The summed E-state index contributed by atoms with van der Waals surface area (Å²) < 4.78 is 25.7. The fourth-order valence-electron chi connectivity index (χ4n) is 10.2. The number of hydrogen-bond acceptors (Lipinski definition) is 12. The Bertz CT molecular complexity index is 2360. The maximum atomic E-state index is 12.0. The molecule has 0 amide bonds. The van der Waals surface area contributed by atoms with Crippen LogP contribution >= 0.6 is 0 Å². The molecule has 6 aromatic rings. The number of carboxylic acid groups (broad SMARTS) is 2. The zero-order valence-electron chi connectivity index (χ0n) is 43.9. The molecule has 2 aliphatic carbocycles. The van der Waals surface area contributed by atoms with E-state index in [9.17, 15) is 30.0 Å². The van der Waals surface area contributed by atoms with Crippen LogP contribution in [0.15, 0.2) is 143 Å². The van der Waals surface area contributed by atoms with Crippen molar-refractivity contribution in [3.8, 4) is 11.5 Å². The summed E-state index contributed by atoms with van der Waals surface area (Å²) in [6, 6.07) is 39.7. The second-order valence-electron chi connectivity index (χ2n) is 21.1. The monoisotopic (exact) mass is 1010 g/mol. The summed E-state index contributed by atoms with van der Waals surface area (Å²) in [5, 5.41) is 43.0. The topological polar surface area (TPSA) is 191 Å². The lowest BCUT2D eigenvalue weighted by Crippen LogP contribution is -2.40. The zero-order chi connectivity index (χ0) is 52.9. The Balaban J connectivity index is 0.000000210. The SMILES string of the molecule is C[N+](C)(CCCOc1ccccc1)Cc1cnc([C@](O)(c2ccccc2)C2CCCCC2)o1.C[N+](C)(CCCOc1ccccc1)Cc1cnc([C@](O)(c2ccccc2)C2CCCCC2)o1.O=C([O-])CCC(=O)[O-]. The predicted molar refractivity (Wildman–Crippen MR) is 279 cm³/mol. The van der Waals surface area contributed by atoms with Crippen LogP contribution in [0.2, 0.25) is 0 Å². The Hall–Kier alpha value is -6.32. The number of carbonyl (C=O) groups excluding carboxylic acids is 2. The number of ether oxygens (including phenoxy) is 2. The molecule has 4 aromatic carbocycles. The molecule has 2 fully saturated rings. The highest BCUT2D eigenvalue weighted by Gasteiger charge is 2.46. The van der Waals surface area contributed by atoms with Crippen molar-refractivity contribution in [1.82, 2.24) is 9.97 Å². The molecule has 0 saturated heterocycles. The molecule has 2 heterocycles. The van der Waals surface area contributed by atoms with Gasteiger partial charge in [0.2, 0.25) is 11.8 Å². The second-order valence-corrected chi connectivity index (χ2v) is 21.1. The fraction of sp³-hybridized carbons (Fsp3) is 0.467. The Morgan fingerprint density at radius 3 is 1.19 bits per heavy atom. The van der Waals surface area contributed by atoms with Gasteiger partial charge in [-0.15, -0.1) is 0 Å². The van der Waals surface area contributed by atoms with E-state index in [2.05, 4.69) is 38.2 Å². The highest BCUT2D eigenvalue weighted by Crippen LogP contribution is 2.45. The van der Waals surface area contributed by atoms with Crippen molar-refractivity contribution in [3.05, 3.63) is 168 Å². The third kappa shape index (κ3) is 17.1. The summed E-state index contributed by atoms with van der Waals surface area (Å²) >= 11 is 0.